The smallest absolute Gasteiger partial charge is 0.239 e. The summed E-state index contributed by atoms with van der Waals surface area (Å²) in [6.45, 7) is 1.03. The maximum absolute atomic E-state index is 12.0. The molecule has 0 aromatic rings. The molecule has 18 heavy (non-hydrogen) atoms. The van der Waals surface area contributed by atoms with Gasteiger partial charge in [-0.15, -0.1) is 0 Å². The van der Waals surface area contributed by atoms with Gasteiger partial charge in [-0.1, -0.05) is 0 Å². The summed E-state index contributed by atoms with van der Waals surface area (Å²) < 4.78 is 0. The minimum absolute atomic E-state index is 0.0500. The first-order valence-corrected chi connectivity index (χ1v) is 7.31. The van der Waals surface area contributed by atoms with E-state index in [1.165, 1.54) is 25.7 Å². The molecule has 0 aromatic heterocycles. The molecule has 1 heterocycles. The van der Waals surface area contributed by atoms with Gasteiger partial charge in [0.1, 0.15) is 0 Å². The Morgan fingerprint density at radius 1 is 1.22 bits per heavy atom. The van der Waals surface area contributed by atoms with Crippen molar-refractivity contribution in [3.8, 4) is 0 Å². The molecule has 3 aliphatic rings. The minimum atomic E-state index is 0.0500. The third-order valence-corrected chi connectivity index (χ3v) is 4.34. The second-order valence-electron chi connectivity index (χ2n) is 6.04. The molecule has 2 aliphatic carbocycles. The van der Waals surface area contributed by atoms with E-state index in [2.05, 4.69) is 5.32 Å². The quantitative estimate of drug-likeness (QED) is 0.799. The highest BCUT2D eigenvalue weighted by Gasteiger charge is 2.42. The first-order valence-electron chi connectivity index (χ1n) is 7.31. The number of nitrogens with one attached hydrogen (secondary N) is 1. The van der Waals surface area contributed by atoms with Crippen LogP contribution in [0.5, 0.6) is 0 Å². The number of rotatable bonds is 5. The van der Waals surface area contributed by atoms with Gasteiger partial charge in [0.15, 0.2) is 0 Å². The van der Waals surface area contributed by atoms with E-state index >= 15 is 0 Å². The van der Waals surface area contributed by atoms with Crippen LogP contribution in [-0.2, 0) is 9.59 Å². The van der Waals surface area contributed by atoms with Gasteiger partial charge in [-0.25, -0.2) is 0 Å². The van der Waals surface area contributed by atoms with Crippen molar-refractivity contribution in [3.05, 3.63) is 0 Å². The molecule has 2 saturated carbocycles. The highest BCUT2D eigenvalue weighted by atomic mass is 16.2. The van der Waals surface area contributed by atoms with Gasteiger partial charge in [-0.2, -0.15) is 0 Å². The maximum Gasteiger partial charge on any atom is 0.239 e. The summed E-state index contributed by atoms with van der Waals surface area (Å²) in [6.07, 6.45) is 7.70. The number of likely N-dealkylation sites (tertiary alicyclic amines) is 1. The van der Waals surface area contributed by atoms with Crippen LogP contribution in [0.15, 0.2) is 0 Å². The predicted molar refractivity (Wildman–Crippen MR) is 67.8 cm³/mol. The molecular weight excluding hydrogens is 228 g/mol. The Balaban J connectivity index is 1.49. The number of piperidine rings is 1. The van der Waals surface area contributed by atoms with E-state index < -0.39 is 0 Å². The van der Waals surface area contributed by atoms with E-state index in [1.54, 1.807) is 4.90 Å². The summed E-state index contributed by atoms with van der Waals surface area (Å²) >= 11 is 0. The summed E-state index contributed by atoms with van der Waals surface area (Å²) in [5.74, 6) is 1.64. The average Bonchev–Trinajstić information content (AvgIpc) is 3.22. The van der Waals surface area contributed by atoms with Crippen molar-refractivity contribution in [2.75, 3.05) is 13.1 Å². The van der Waals surface area contributed by atoms with Crippen molar-refractivity contribution in [3.63, 3.8) is 0 Å². The fourth-order valence-electron chi connectivity index (χ4n) is 2.97. The van der Waals surface area contributed by atoms with Crippen LogP contribution in [0, 0.1) is 11.8 Å². The van der Waals surface area contributed by atoms with Gasteiger partial charge in [0.25, 0.3) is 0 Å². The Kier molecular flexibility index (Phi) is 3.27. The molecule has 2 amide bonds. The Morgan fingerprint density at radius 3 is 2.44 bits per heavy atom. The summed E-state index contributed by atoms with van der Waals surface area (Å²) in [6, 6.07) is 0.400. The van der Waals surface area contributed by atoms with E-state index in [0.29, 0.717) is 12.5 Å². The summed E-state index contributed by atoms with van der Waals surface area (Å²) in [7, 11) is 0. The van der Waals surface area contributed by atoms with Crippen molar-refractivity contribution in [2.45, 2.75) is 51.0 Å². The lowest BCUT2D eigenvalue weighted by Gasteiger charge is -2.27. The van der Waals surface area contributed by atoms with Crippen LogP contribution in [-0.4, -0.2) is 35.8 Å². The lowest BCUT2D eigenvalue weighted by Crippen LogP contribution is -2.46. The summed E-state index contributed by atoms with van der Waals surface area (Å²) in [5.41, 5.74) is 0. The monoisotopic (exact) mass is 250 g/mol. The lowest BCUT2D eigenvalue weighted by atomic mass is 10.1. The van der Waals surface area contributed by atoms with Gasteiger partial charge in [0, 0.05) is 19.0 Å². The third-order valence-electron chi connectivity index (χ3n) is 4.34. The molecule has 4 heteroatoms. The van der Waals surface area contributed by atoms with Crippen molar-refractivity contribution in [1.29, 1.82) is 0 Å². The Hall–Kier alpha value is -1.06. The SMILES string of the molecule is O=C(CN1CCCCC1=O)NC(C1CC1)C1CC1. The van der Waals surface area contributed by atoms with Crippen LogP contribution in [0.1, 0.15) is 44.9 Å². The van der Waals surface area contributed by atoms with E-state index in [4.69, 9.17) is 0 Å². The maximum atomic E-state index is 12.0. The van der Waals surface area contributed by atoms with Crippen molar-refractivity contribution < 1.29 is 9.59 Å². The van der Waals surface area contributed by atoms with Crippen LogP contribution in [0.25, 0.3) is 0 Å². The average molecular weight is 250 g/mol. The molecule has 0 radical (unpaired) electrons. The van der Waals surface area contributed by atoms with Gasteiger partial charge in [-0.05, 0) is 50.4 Å². The predicted octanol–water partition coefficient (Wildman–Crippen LogP) is 1.30. The molecule has 0 spiro atoms. The Bertz CT molecular complexity index is 336. The molecular formula is C14H22N2O2. The molecule has 0 aromatic carbocycles. The van der Waals surface area contributed by atoms with Crippen LogP contribution in [0.3, 0.4) is 0 Å². The normalized spacial score (nSPS) is 24.5. The number of carbonyl (C=O) groups is 2. The Labute approximate surface area is 108 Å². The fourth-order valence-corrected chi connectivity index (χ4v) is 2.97. The second kappa shape index (κ2) is 4.90. The number of amides is 2. The standard InChI is InChI=1S/C14H22N2O2/c17-12(9-16-8-2-1-3-13(16)18)15-14(10-4-5-10)11-6-7-11/h10-11,14H,1-9H2,(H,15,17). The van der Waals surface area contributed by atoms with Crippen LogP contribution in [0.2, 0.25) is 0 Å². The molecule has 4 nitrogen and oxygen atoms in total. The lowest BCUT2D eigenvalue weighted by molar-refractivity contribution is -0.138. The van der Waals surface area contributed by atoms with E-state index in [-0.39, 0.29) is 18.4 Å². The summed E-state index contributed by atoms with van der Waals surface area (Å²) in [4.78, 5) is 25.4. The van der Waals surface area contributed by atoms with E-state index in [9.17, 15) is 9.59 Å². The van der Waals surface area contributed by atoms with Crippen LogP contribution >= 0.6 is 0 Å². The van der Waals surface area contributed by atoms with Crippen molar-refractivity contribution >= 4 is 11.8 Å². The molecule has 100 valence electrons. The zero-order chi connectivity index (χ0) is 12.5. The molecule has 3 rings (SSSR count). The number of nitrogens with zero attached hydrogens (tertiary/aromatic N) is 1. The van der Waals surface area contributed by atoms with Gasteiger partial charge < -0.3 is 10.2 Å². The fraction of sp³-hybridized carbons (Fsp3) is 0.857. The number of hydrogen-bond donors (Lipinski definition) is 1. The van der Waals surface area contributed by atoms with Gasteiger partial charge in [0.05, 0.1) is 6.54 Å². The molecule has 0 atom stereocenters. The minimum Gasteiger partial charge on any atom is -0.351 e. The highest BCUT2D eigenvalue weighted by molar-refractivity contribution is 5.85. The van der Waals surface area contributed by atoms with Crippen LogP contribution in [0.4, 0.5) is 0 Å². The van der Waals surface area contributed by atoms with Crippen molar-refractivity contribution in [2.24, 2.45) is 11.8 Å². The van der Waals surface area contributed by atoms with Gasteiger partial charge in [-0.3, -0.25) is 9.59 Å². The van der Waals surface area contributed by atoms with E-state index in [0.717, 1.165) is 31.2 Å². The van der Waals surface area contributed by atoms with E-state index in [1.807, 2.05) is 0 Å². The Morgan fingerprint density at radius 2 is 1.89 bits per heavy atom. The molecule has 0 unspecified atom stereocenters. The second-order valence-corrected chi connectivity index (χ2v) is 6.04. The number of carbonyl (C=O) groups excluding carboxylic acids is 2. The number of hydrogen-bond acceptors (Lipinski definition) is 2. The largest absolute Gasteiger partial charge is 0.351 e. The molecule has 3 fully saturated rings. The zero-order valence-corrected chi connectivity index (χ0v) is 10.9. The van der Waals surface area contributed by atoms with Crippen molar-refractivity contribution in [1.82, 2.24) is 10.2 Å². The molecule has 1 N–H and O–H groups in total. The first-order chi connectivity index (χ1) is 8.74. The topological polar surface area (TPSA) is 49.4 Å². The first kappa shape index (κ1) is 12.0. The van der Waals surface area contributed by atoms with Crippen LogP contribution < -0.4 is 5.32 Å². The molecule has 1 aliphatic heterocycles. The van der Waals surface area contributed by atoms with Gasteiger partial charge >= 0.3 is 0 Å². The zero-order valence-electron chi connectivity index (χ0n) is 10.9. The summed E-state index contributed by atoms with van der Waals surface area (Å²) in [5, 5.41) is 3.18. The molecule has 0 bridgehead atoms. The third kappa shape index (κ3) is 2.85. The molecule has 1 saturated heterocycles. The van der Waals surface area contributed by atoms with Gasteiger partial charge in [0.2, 0.25) is 11.8 Å². The highest BCUT2D eigenvalue weighted by Crippen LogP contribution is 2.44.